The van der Waals surface area contributed by atoms with Crippen molar-refractivity contribution in [1.29, 1.82) is 0 Å². The Kier molecular flexibility index (Phi) is 3.29. The maximum Gasteiger partial charge on any atom is 0.338 e. The third kappa shape index (κ3) is 2.08. The highest BCUT2D eigenvalue weighted by molar-refractivity contribution is 9.12. The number of methoxy groups -OCH3 is 1. The minimum absolute atomic E-state index is 0.315. The fourth-order valence-electron chi connectivity index (χ4n) is 0.881. The lowest BCUT2D eigenvalue weighted by Gasteiger charge is -1.99. The number of hydrogen-bond acceptors (Lipinski definition) is 2. The van der Waals surface area contributed by atoms with E-state index in [1.165, 1.54) is 7.11 Å². The van der Waals surface area contributed by atoms with Gasteiger partial charge in [0.2, 0.25) is 0 Å². The van der Waals surface area contributed by atoms with Crippen LogP contribution in [-0.4, -0.2) is 13.1 Å². The summed E-state index contributed by atoms with van der Waals surface area (Å²) in [4.78, 5) is 11.1. The Morgan fingerprint density at radius 3 is 2.83 bits per heavy atom. The molecule has 0 aromatic carbocycles. The van der Waals surface area contributed by atoms with Crippen molar-refractivity contribution in [1.82, 2.24) is 0 Å². The van der Waals surface area contributed by atoms with Crippen molar-refractivity contribution in [3.05, 3.63) is 34.4 Å². The molecule has 3 heteroatoms. The Labute approximate surface area is 79.7 Å². The molecule has 0 N–H and O–H groups in total. The molecule has 0 aromatic rings. The number of hydrogen-bond donors (Lipinski definition) is 0. The van der Waals surface area contributed by atoms with Crippen LogP contribution < -0.4 is 0 Å². The predicted octanol–water partition coefficient (Wildman–Crippen LogP) is 2.32. The minimum Gasteiger partial charge on any atom is -0.465 e. The quantitative estimate of drug-likeness (QED) is 0.645. The fourth-order valence-corrected chi connectivity index (χ4v) is 1.36. The van der Waals surface area contributed by atoms with Crippen LogP contribution in [0.4, 0.5) is 0 Å². The van der Waals surface area contributed by atoms with Gasteiger partial charge >= 0.3 is 5.97 Å². The molecule has 2 nitrogen and oxygen atoms in total. The Hall–Kier alpha value is -0.830. The molecule has 0 amide bonds. The summed E-state index contributed by atoms with van der Waals surface area (Å²) in [7, 11) is 1.37. The van der Waals surface area contributed by atoms with Crippen LogP contribution in [0.1, 0.15) is 6.42 Å². The van der Waals surface area contributed by atoms with Crippen LogP contribution in [0.3, 0.4) is 0 Å². The number of carbonyl (C=O) groups excluding carboxylic acids is 1. The highest BCUT2D eigenvalue weighted by Crippen LogP contribution is 2.19. The zero-order chi connectivity index (χ0) is 8.97. The zero-order valence-electron chi connectivity index (χ0n) is 6.71. The highest BCUT2D eigenvalue weighted by Gasteiger charge is 2.10. The summed E-state index contributed by atoms with van der Waals surface area (Å²) in [6.45, 7) is 0. The van der Waals surface area contributed by atoms with E-state index in [9.17, 15) is 4.79 Å². The maximum absolute atomic E-state index is 11.1. The van der Waals surface area contributed by atoms with Gasteiger partial charge in [-0.25, -0.2) is 4.79 Å². The van der Waals surface area contributed by atoms with E-state index in [1.807, 2.05) is 18.2 Å². The Morgan fingerprint density at radius 1 is 1.50 bits per heavy atom. The number of ether oxygens (including phenoxy) is 1. The fraction of sp³-hybridized carbons (Fsp3) is 0.222. The van der Waals surface area contributed by atoms with Crippen LogP contribution in [0.2, 0.25) is 0 Å². The Bertz CT molecular complexity index is 274. The topological polar surface area (TPSA) is 26.3 Å². The van der Waals surface area contributed by atoms with Gasteiger partial charge in [0.1, 0.15) is 0 Å². The molecule has 0 fully saturated rings. The average Bonchev–Trinajstić information content (AvgIpc) is 2.28. The molecule has 0 aromatic heterocycles. The van der Waals surface area contributed by atoms with Gasteiger partial charge in [-0.05, 0) is 22.4 Å². The van der Waals surface area contributed by atoms with Gasteiger partial charge < -0.3 is 4.74 Å². The largest absolute Gasteiger partial charge is 0.465 e. The number of allylic oxidation sites excluding steroid dienone is 4. The summed E-state index contributed by atoms with van der Waals surface area (Å²) in [5.74, 6) is -0.315. The minimum atomic E-state index is -0.315. The summed E-state index contributed by atoms with van der Waals surface area (Å²) >= 11 is 3.29. The molecule has 64 valence electrons. The second-order valence-electron chi connectivity index (χ2n) is 2.29. The van der Waals surface area contributed by atoms with E-state index in [4.69, 9.17) is 0 Å². The molecule has 0 aliphatic heterocycles. The van der Waals surface area contributed by atoms with Crippen molar-refractivity contribution in [2.75, 3.05) is 7.11 Å². The Balaban J connectivity index is 2.98. The van der Waals surface area contributed by atoms with Gasteiger partial charge in [-0.3, -0.25) is 0 Å². The standard InChI is InChI=1S/C9H9BrO2/c1-12-9(11)7-5-3-2-4-6-8(7)10/h3-6H,2H2,1H3. The van der Waals surface area contributed by atoms with Crippen LogP contribution in [0, 0.1) is 0 Å². The normalized spacial score (nSPS) is 16.2. The molecule has 12 heavy (non-hydrogen) atoms. The lowest BCUT2D eigenvalue weighted by Crippen LogP contribution is -2.03. The lowest BCUT2D eigenvalue weighted by atomic mass is 10.2. The smallest absolute Gasteiger partial charge is 0.338 e. The second-order valence-corrected chi connectivity index (χ2v) is 3.15. The molecule has 0 saturated heterocycles. The van der Waals surface area contributed by atoms with E-state index in [2.05, 4.69) is 20.7 Å². The summed E-state index contributed by atoms with van der Waals surface area (Å²) < 4.78 is 5.37. The number of carbonyl (C=O) groups is 1. The zero-order valence-corrected chi connectivity index (χ0v) is 8.30. The maximum atomic E-state index is 11.1. The second kappa shape index (κ2) is 4.26. The van der Waals surface area contributed by atoms with Crippen molar-refractivity contribution in [3.63, 3.8) is 0 Å². The molecule has 1 rings (SSSR count). The van der Waals surface area contributed by atoms with Gasteiger partial charge in [-0.2, -0.15) is 0 Å². The molecule has 0 bridgehead atoms. The van der Waals surface area contributed by atoms with Crippen LogP contribution in [0.15, 0.2) is 34.4 Å². The molecular formula is C9H9BrO2. The third-order valence-electron chi connectivity index (χ3n) is 1.48. The van der Waals surface area contributed by atoms with Crippen molar-refractivity contribution < 1.29 is 9.53 Å². The van der Waals surface area contributed by atoms with Gasteiger partial charge in [-0.1, -0.05) is 24.3 Å². The van der Waals surface area contributed by atoms with Crippen LogP contribution >= 0.6 is 15.9 Å². The van der Waals surface area contributed by atoms with E-state index >= 15 is 0 Å². The summed E-state index contributed by atoms with van der Waals surface area (Å²) in [6, 6.07) is 0. The first-order valence-corrected chi connectivity index (χ1v) is 4.36. The first-order valence-electron chi connectivity index (χ1n) is 3.57. The van der Waals surface area contributed by atoms with E-state index in [1.54, 1.807) is 6.08 Å². The van der Waals surface area contributed by atoms with Crippen molar-refractivity contribution in [2.24, 2.45) is 0 Å². The molecule has 0 spiro atoms. The lowest BCUT2D eigenvalue weighted by molar-refractivity contribution is -0.135. The molecule has 0 radical (unpaired) electrons. The molecule has 1 aliphatic carbocycles. The van der Waals surface area contributed by atoms with E-state index in [0.717, 1.165) is 10.9 Å². The molecule has 1 aliphatic rings. The Morgan fingerprint density at radius 2 is 2.17 bits per heavy atom. The number of rotatable bonds is 1. The molecule has 0 unspecified atom stereocenters. The van der Waals surface area contributed by atoms with Crippen LogP contribution in [0.25, 0.3) is 0 Å². The van der Waals surface area contributed by atoms with E-state index in [0.29, 0.717) is 5.57 Å². The number of halogens is 1. The average molecular weight is 229 g/mol. The monoisotopic (exact) mass is 228 g/mol. The third-order valence-corrected chi connectivity index (χ3v) is 2.17. The van der Waals surface area contributed by atoms with Gasteiger partial charge in [0, 0.05) is 4.48 Å². The van der Waals surface area contributed by atoms with Gasteiger partial charge in [0.05, 0.1) is 12.7 Å². The van der Waals surface area contributed by atoms with Crippen LogP contribution in [0.5, 0.6) is 0 Å². The summed E-state index contributed by atoms with van der Waals surface area (Å²) in [5.41, 5.74) is 0.561. The summed E-state index contributed by atoms with van der Waals surface area (Å²) in [5, 5.41) is 0. The molecule has 0 heterocycles. The molecule has 0 saturated carbocycles. The molecular weight excluding hydrogens is 220 g/mol. The van der Waals surface area contributed by atoms with E-state index in [-0.39, 0.29) is 5.97 Å². The first kappa shape index (κ1) is 9.26. The van der Waals surface area contributed by atoms with Gasteiger partial charge in [0.15, 0.2) is 0 Å². The highest BCUT2D eigenvalue weighted by atomic mass is 79.9. The van der Waals surface area contributed by atoms with Gasteiger partial charge in [0.25, 0.3) is 0 Å². The number of esters is 1. The van der Waals surface area contributed by atoms with Crippen molar-refractivity contribution >= 4 is 21.9 Å². The predicted molar refractivity (Wildman–Crippen MR) is 50.9 cm³/mol. The molecule has 0 atom stereocenters. The summed E-state index contributed by atoms with van der Waals surface area (Å²) in [6.07, 6.45) is 8.34. The van der Waals surface area contributed by atoms with Crippen molar-refractivity contribution in [2.45, 2.75) is 6.42 Å². The van der Waals surface area contributed by atoms with Gasteiger partial charge in [-0.15, -0.1) is 0 Å². The van der Waals surface area contributed by atoms with Crippen molar-refractivity contribution in [3.8, 4) is 0 Å². The van der Waals surface area contributed by atoms with E-state index < -0.39 is 0 Å². The SMILES string of the molecule is COC(=O)C1=C(Br)C=CCC=C1. The first-order chi connectivity index (χ1) is 5.75. The van der Waals surface area contributed by atoms with Crippen LogP contribution in [-0.2, 0) is 9.53 Å².